The Morgan fingerprint density at radius 2 is 1.08 bits per heavy atom. The third-order valence-corrected chi connectivity index (χ3v) is 4.98. The van der Waals surface area contributed by atoms with Crippen molar-refractivity contribution in [3.05, 3.63) is 0 Å². The summed E-state index contributed by atoms with van der Waals surface area (Å²) in [6.07, 6.45) is -1.56. The maximum Gasteiger partial charge on any atom is 0.325 e. The summed E-state index contributed by atoms with van der Waals surface area (Å²) in [6, 6.07) is -0.198. The van der Waals surface area contributed by atoms with E-state index in [2.05, 4.69) is 0 Å². The summed E-state index contributed by atoms with van der Waals surface area (Å²) in [5.74, 6) is 0. The smallest absolute Gasteiger partial charge is 0.325 e. The lowest BCUT2D eigenvalue weighted by molar-refractivity contribution is -0.0385. The average Bonchev–Trinajstić information content (AvgIpc) is 2.92. The van der Waals surface area contributed by atoms with E-state index in [-0.39, 0.29) is 24.4 Å². The van der Waals surface area contributed by atoms with E-state index in [4.69, 9.17) is 0 Å². The fourth-order valence-corrected chi connectivity index (χ4v) is 4.27. The Morgan fingerprint density at radius 1 is 0.792 bits per heavy atom. The summed E-state index contributed by atoms with van der Waals surface area (Å²) < 4.78 is 0. The Kier molecular flexibility index (Phi) is 3.60. The van der Waals surface area contributed by atoms with Crippen LogP contribution < -0.4 is 0 Å². The lowest BCUT2D eigenvalue weighted by Gasteiger charge is -2.43. The van der Waals surface area contributed by atoms with E-state index in [0.29, 0.717) is 39.8 Å². The fraction of sp³-hybridized carbons (Fsp3) is 0.857. The second-order valence-electron chi connectivity index (χ2n) is 7.24. The summed E-state index contributed by atoms with van der Waals surface area (Å²) in [5.41, 5.74) is 0. The Balaban J connectivity index is 1.60. The maximum atomic E-state index is 12.8. The summed E-state index contributed by atoms with van der Waals surface area (Å²) in [4.78, 5) is 36.3. The van der Waals surface area contributed by atoms with Gasteiger partial charge in [-0.3, -0.25) is 29.4 Å². The van der Waals surface area contributed by atoms with Crippen LogP contribution in [0, 0.1) is 0 Å². The van der Waals surface area contributed by atoms with Crippen molar-refractivity contribution in [2.24, 2.45) is 0 Å². The molecule has 2 N–H and O–H groups in total. The number of aliphatic hydroxyl groups is 2. The number of urea groups is 2. The van der Waals surface area contributed by atoms with Gasteiger partial charge in [-0.25, -0.2) is 9.59 Å². The molecule has 4 aliphatic rings. The topological polar surface area (TPSA) is 94.0 Å². The van der Waals surface area contributed by atoms with Crippen molar-refractivity contribution >= 4 is 12.1 Å². The van der Waals surface area contributed by atoms with Crippen LogP contribution in [0.15, 0.2) is 0 Å². The van der Waals surface area contributed by atoms with Gasteiger partial charge >= 0.3 is 12.1 Å². The first-order valence-corrected chi connectivity index (χ1v) is 8.32. The van der Waals surface area contributed by atoms with E-state index < -0.39 is 12.2 Å². The highest BCUT2D eigenvalue weighted by molar-refractivity contribution is 5.85. The molecular formula is C14H24N6O4. The van der Waals surface area contributed by atoms with Crippen molar-refractivity contribution in [3.63, 3.8) is 0 Å². The third kappa shape index (κ3) is 2.25. The molecule has 2 atom stereocenters. The van der Waals surface area contributed by atoms with Gasteiger partial charge in [0.1, 0.15) is 0 Å². The predicted octanol–water partition coefficient (Wildman–Crippen LogP) is -1.66. The zero-order valence-electron chi connectivity index (χ0n) is 13.9. The van der Waals surface area contributed by atoms with Crippen LogP contribution in [0.4, 0.5) is 9.59 Å². The molecule has 0 spiro atoms. The van der Waals surface area contributed by atoms with Crippen molar-refractivity contribution in [3.8, 4) is 0 Å². The van der Waals surface area contributed by atoms with Crippen LogP contribution >= 0.6 is 0 Å². The van der Waals surface area contributed by atoms with Gasteiger partial charge in [0.25, 0.3) is 0 Å². The second-order valence-corrected chi connectivity index (χ2v) is 7.24. The monoisotopic (exact) mass is 340 g/mol. The lowest BCUT2D eigenvalue weighted by atomic mass is 10.3. The number of β-amino-alcohol motifs (C(OH)–C–C–N with tert-alkyl or cyclic N) is 2. The minimum atomic E-state index is -0.519. The summed E-state index contributed by atoms with van der Waals surface area (Å²) in [6.45, 7) is 5.87. The Labute approximate surface area is 140 Å². The Hall–Kier alpha value is -1.62. The number of amides is 4. The van der Waals surface area contributed by atoms with Crippen LogP contribution in [0.5, 0.6) is 0 Å². The van der Waals surface area contributed by atoms with Crippen LogP contribution in [0.2, 0.25) is 0 Å². The highest BCUT2D eigenvalue weighted by Gasteiger charge is 2.63. The Morgan fingerprint density at radius 3 is 1.33 bits per heavy atom. The van der Waals surface area contributed by atoms with E-state index in [9.17, 15) is 19.8 Å². The summed E-state index contributed by atoms with van der Waals surface area (Å²) >= 11 is 0. The lowest BCUT2D eigenvalue weighted by Crippen LogP contribution is -2.61. The van der Waals surface area contributed by atoms with Gasteiger partial charge in [0.15, 0.2) is 12.3 Å². The minimum Gasteiger partial charge on any atom is -0.392 e. The van der Waals surface area contributed by atoms with Crippen LogP contribution in [0.25, 0.3) is 0 Å². The highest BCUT2D eigenvalue weighted by Crippen LogP contribution is 2.39. The third-order valence-electron chi connectivity index (χ3n) is 4.98. The van der Waals surface area contributed by atoms with Crippen LogP contribution in [0.3, 0.4) is 0 Å². The molecule has 4 fully saturated rings. The zero-order valence-corrected chi connectivity index (χ0v) is 13.9. The molecule has 0 aromatic rings. The van der Waals surface area contributed by atoms with Gasteiger partial charge in [-0.2, -0.15) is 0 Å². The van der Waals surface area contributed by atoms with Gasteiger partial charge < -0.3 is 10.2 Å². The number of rotatable bonds is 4. The van der Waals surface area contributed by atoms with Crippen LogP contribution in [-0.2, 0) is 0 Å². The molecule has 0 aliphatic carbocycles. The highest BCUT2D eigenvalue weighted by atomic mass is 16.3. The molecule has 24 heavy (non-hydrogen) atoms. The van der Waals surface area contributed by atoms with Gasteiger partial charge in [0.2, 0.25) is 0 Å². The average molecular weight is 340 g/mol. The molecule has 4 aliphatic heterocycles. The number of hydrogen-bond donors (Lipinski definition) is 2. The number of nitrogens with zero attached hydrogens (tertiary/aromatic N) is 6. The number of carbonyl (C=O) groups is 2. The van der Waals surface area contributed by atoms with Gasteiger partial charge in [0.05, 0.1) is 38.9 Å². The normalized spacial score (nSPS) is 32.7. The van der Waals surface area contributed by atoms with Crippen molar-refractivity contribution in [2.45, 2.75) is 38.4 Å². The van der Waals surface area contributed by atoms with E-state index >= 15 is 0 Å². The molecule has 4 amide bonds. The molecule has 0 aromatic carbocycles. The quantitative estimate of drug-likeness (QED) is 0.636. The Bertz CT molecular complexity index is 477. The molecule has 0 bridgehead atoms. The van der Waals surface area contributed by atoms with Crippen LogP contribution in [-0.4, -0.2) is 116 Å². The van der Waals surface area contributed by atoms with Gasteiger partial charge in [-0.15, -0.1) is 0 Å². The first kappa shape index (κ1) is 15.9. The molecule has 10 heteroatoms. The number of carbonyl (C=O) groups excluding carboxylic acids is 2. The molecule has 0 aromatic heterocycles. The van der Waals surface area contributed by atoms with Crippen molar-refractivity contribution < 1.29 is 19.8 Å². The molecule has 0 radical (unpaired) electrons. The van der Waals surface area contributed by atoms with Gasteiger partial charge in [-0.05, 0) is 13.8 Å². The largest absolute Gasteiger partial charge is 0.392 e. The maximum absolute atomic E-state index is 12.8. The SMILES string of the molecule is CC(O)CN1CN2C(=O)N3CN(CC(C)O)CN4C(=O)N(C1)C2C34. The van der Waals surface area contributed by atoms with E-state index in [1.54, 1.807) is 33.4 Å². The number of aliphatic hydroxyl groups excluding tert-OH is 2. The van der Waals surface area contributed by atoms with E-state index in [1.807, 2.05) is 9.80 Å². The standard InChI is InChI=1S/C14H24N6O4/c1-9(21)3-15-5-17-11-12-19(13(17)23)7-16(4-10(2)22)8-20(12)14(24)18(11)6-15/h9-12,21-22H,3-8H2,1-2H3. The first-order chi connectivity index (χ1) is 11.4. The fourth-order valence-electron chi connectivity index (χ4n) is 4.27. The first-order valence-electron chi connectivity index (χ1n) is 8.32. The molecule has 0 saturated carbocycles. The molecule has 10 nitrogen and oxygen atoms in total. The van der Waals surface area contributed by atoms with Crippen molar-refractivity contribution in [2.75, 3.05) is 39.8 Å². The molecule has 4 rings (SSSR count). The summed E-state index contributed by atoms with van der Waals surface area (Å²) in [7, 11) is 0. The second kappa shape index (κ2) is 5.45. The number of hydrogen-bond acceptors (Lipinski definition) is 6. The predicted molar refractivity (Wildman–Crippen MR) is 82.0 cm³/mol. The van der Waals surface area contributed by atoms with E-state index in [0.717, 1.165) is 0 Å². The molecular weight excluding hydrogens is 316 g/mol. The van der Waals surface area contributed by atoms with E-state index in [1.165, 1.54) is 0 Å². The molecule has 4 saturated heterocycles. The zero-order chi connectivity index (χ0) is 17.2. The van der Waals surface area contributed by atoms with Crippen molar-refractivity contribution in [1.29, 1.82) is 0 Å². The summed E-state index contributed by atoms with van der Waals surface area (Å²) in [5, 5.41) is 19.3. The molecule has 134 valence electrons. The van der Waals surface area contributed by atoms with Gasteiger partial charge in [-0.1, -0.05) is 0 Å². The van der Waals surface area contributed by atoms with Gasteiger partial charge in [0, 0.05) is 13.1 Å². The molecule has 2 unspecified atom stereocenters. The van der Waals surface area contributed by atoms with Crippen LogP contribution in [0.1, 0.15) is 13.8 Å². The minimum absolute atomic E-state index is 0.0990. The van der Waals surface area contributed by atoms with Crippen molar-refractivity contribution in [1.82, 2.24) is 29.4 Å². The molecule has 4 heterocycles.